The van der Waals surface area contributed by atoms with Gasteiger partial charge in [-0.1, -0.05) is 17.7 Å². The summed E-state index contributed by atoms with van der Waals surface area (Å²) in [6, 6.07) is 10.3. The van der Waals surface area contributed by atoms with Crippen molar-refractivity contribution in [2.75, 3.05) is 0 Å². The van der Waals surface area contributed by atoms with E-state index in [9.17, 15) is 14.0 Å². The number of hydrogen-bond donors (Lipinski definition) is 0. The third kappa shape index (κ3) is 4.27. The molecule has 0 N–H and O–H groups in total. The number of benzene rings is 2. The molecule has 0 aromatic heterocycles. The van der Waals surface area contributed by atoms with Crippen LogP contribution in [-0.4, -0.2) is 11.8 Å². The van der Waals surface area contributed by atoms with Crippen LogP contribution in [0.1, 0.15) is 22.8 Å². The number of halogens is 2. The molecule has 0 bridgehead atoms. The second kappa shape index (κ2) is 7.00. The van der Waals surface area contributed by atoms with Gasteiger partial charge >= 0.3 is 5.97 Å². The molecule has 0 unspecified atom stereocenters. The molecule has 0 fully saturated rings. The van der Waals surface area contributed by atoms with Gasteiger partial charge in [-0.2, -0.15) is 0 Å². The van der Waals surface area contributed by atoms with Gasteiger partial charge in [-0.05, 0) is 55.0 Å². The van der Waals surface area contributed by atoms with Crippen LogP contribution < -0.4 is 4.74 Å². The van der Waals surface area contributed by atoms with Gasteiger partial charge in [-0.3, -0.25) is 4.79 Å². The maximum absolute atomic E-state index is 13.0. The van der Waals surface area contributed by atoms with Gasteiger partial charge in [0.25, 0.3) is 0 Å². The minimum absolute atomic E-state index is 0.0182. The second-order valence-corrected chi connectivity index (χ2v) is 4.92. The molecule has 2 aromatic carbocycles. The molecule has 5 heteroatoms. The number of esters is 1. The fraction of sp³-hybridized carbons (Fsp3) is 0.0588. The Morgan fingerprint density at radius 3 is 2.41 bits per heavy atom. The summed E-state index contributed by atoms with van der Waals surface area (Å²) < 4.78 is 18.1. The quantitative estimate of drug-likeness (QED) is 0.365. The van der Waals surface area contributed by atoms with E-state index < -0.39 is 11.8 Å². The molecular weight excluding hydrogens is 307 g/mol. The van der Waals surface area contributed by atoms with E-state index in [4.69, 9.17) is 16.3 Å². The molecule has 2 rings (SSSR count). The molecule has 0 amide bonds. The van der Waals surface area contributed by atoms with Crippen LogP contribution in [0.3, 0.4) is 0 Å². The third-order valence-corrected chi connectivity index (χ3v) is 3.12. The predicted molar refractivity (Wildman–Crippen MR) is 82.5 cm³/mol. The highest BCUT2D eigenvalue weighted by atomic mass is 35.5. The van der Waals surface area contributed by atoms with Crippen LogP contribution in [0.25, 0.3) is 6.08 Å². The van der Waals surface area contributed by atoms with Crippen molar-refractivity contribution in [1.82, 2.24) is 0 Å². The lowest BCUT2D eigenvalue weighted by Crippen LogP contribution is -2.04. The molecule has 0 aliphatic carbocycles. The normalized spacial score (nSPS) is 10.7. The molecule has 3 nitrogen and oxygen atoms in total. The van der Waals surface area contributed by atoms with Crippen molar-refractivity contribution in [3.05, 3.63) is 70.5 Å². The number of rotatable bonds is 4. The summed E-state index contributed by atoms with van der Waals surface area (Å²) in [6.07, 6.45) is 2.68. The van der Waals surface area contributed by atoms with Crippen LogP contribution >= 0.6 is 11.6 Å². The van der Waals surface area contributed by atoms with E-state index in [1.54, 1.807) is 12.1 Å². The van der Waals surface area contributed by atoms with Crippen LogP contribution in [0.4, 0.5) is 4.39 Å². The van der Waals surface area contributed by atoms with Crippen molar-refractivity contribution in [2.45, 2.75) is 6.92 Å². The van der Waals surface area contributed by atoms with Crippen molar-refractivity contribution < 1.29 is 18.7 Å². The topological polar surface area (TPSA) is 43.4 Å². The monoisotopic (exact) mass is 318 g/mol. The van der Waals surface area contributed by atoms with Crippen molar-refractivity contribution >= 4 is 29.4 Å². The number of hydrogen-bond acceptors (Lipinski definition) is 3. The van der Waals surface area contributed by atoms with E-state index in [0.29, 0.717) is 16.9 Å². The number of carbonyl (C=O) groups is 2. The van der Waals surface area contributed by atoms with E-state index in [1.165, 1.54) is 49.4 Å². The maximum Gasteiger partial charge on any atom is 0.336 e. The second-order valence-electron chi connectivity index (χ2n) is 4.51. The average molecular weight is 319 g/mol. The molecule has 112 valence electrons. The third-order valence-electron chi connectivity index (χ3n) is 2.83. The number of ether oxygens (including phenoxy) is 1. The largest absolute Gasteiger partial charge is 0.423 e. The summed E-state index contributed by atoms with van der Waals surface area (Å²) in [7, 11) is 0. The van der Waals surface area contributed by atoms with Crippen molar-refractivity contribution in [1.29, 1.82) is 0 Å². The van der Waals surface area contributed by atoms with E-state index in [1.807, 2.05) is 0 Å². The summed E-state index contributed by atoms with van der Waals surface area (Å²) in [5.74, 6) is -0.842. The first-order chi connectivity index (χ1) is 10.5. The molecular formula is C17H12ClFO3. The lowest BCUT2D eigenvalue weighted by Gasteiger charge is -2.02. The fourth-order valence-corrected chi connectivity index (χ4v) is 1.88. The Morgan fingerprint density at radius 1 is 1.14 bits per heavy atom. The zero-order valence-corrected chi connectivity index (χ0v) is 12.4. The molecule has 0 saturated heterocycles. The van der Waals surface area contributed by atoms with Crippen molar-refractivity contribution in [2.24, 2.45) is 0 Å². The Morgan fingerprint density at radius 2 is 1.82 bits per heavy atom. The minimum atomic E-state index is -0.587. The number of carbonyl (C=O) groups excluding carboxylic acids is 2. The maximum atomic E-state index is 13.0. The van der Waals surface area contributed by atoms with Gasteiger partial charge in [0.2, 0.25) is 0 Å². The van der Waals surface area contributed by atoms with Gasteiger partial charge in [0, 0.05) is 11.6 Å². The Balaban J connectivity index is 2.01. The SMILES string of the molecule is CC(=O)c1ccc(OC(=O)/C=C/c2ccc(F)c(Cl)c2)cc1. The summed E-state index contributed by atoms with van der Waals surface area (Å²) >= 11 is 5.65. The van der Waals surface area contributed by atoms with E-state index in [0.717, 1.165) is 0 Å². The highest BCUT2D eigenvalue weighted by molar-refractivity contribution is 6.30. The lowest BCUT2D eigenvalue weighted by molar-refractivity contribution is -0.128. The molecule has 0 atom stereocenters. The zero-order chi connectivity index (χ0) is 16.1. The van der Waals surface area contributed by atoms with E-state index in [2.05, 4.69) is 0 Å². The fourth-order valence-electron chi connectivity index (χ4n) is 1.69. The molecule has 0 heterocycles. The summed E-state index contributed by atoms with van der Waals surface area (Å²) in [6.45, 7) is 1.46. The van der Waals surface area contributed by atoms with E-state index in [-0.39, 0.29) is 10.8 Å². The van der Waals surface area contributed by atoms with Gasteiger partial charge in [-0.15, -0.1) is 0 Å². The molecule has 0 aliphatic heterocycles. The Labute approximate surface area is 132 Å². The lowest BCUT2D eigenvalue weighted by atomic mass is 10.1. The molecule has 0 aliphatic rings. The van der Waals surface area contributed by atoms with Crippen LogP contribution in [-0.2, 0) is 4.79 Å². The van der Waals surface area contributed by atoms with Gasteiger partial charge < -0.3 is 4.74 Å². The van der Waals surface area contributed by atoms with Crippen molar-refractivity contribution in [3.8, 4) is 5.75 Å². The van der Waals surface area contributed by atoms with Crippen LogP contribution in [0, 0.1) is 5.82 Å². The number of ketones is 1. The standard InChI is InChI=1S/C17H12ClFO3/c1-11(20)13-4-6-14(7-5-13)22-17(21)9-3-12-2-8-16(19)15(18)10-12/h2-10H,1H3/b9-3+. The summed E-state index contributed by atoms with van der Waals surface area (Å²) in [4.78, 5) is 22.8. The predicted octanol–water partition coefficient (Wildman–Crippen LogP) is 4.30. The van der Waals surface area contributed by atoms with Gasteiger partial charge in [0.15, 0.2) is 5.78 Å². The highest BCUT2D eigenvalue weighted by Gasteiger charge is 2.03. The first-order valence-electron chi connectivity index (χ1n) is 6.41. The van der Waals surface area contributed by atoms with Crippen molar-refractivity contribution in [3.63, 3.8) is 0 Å². The Bertz CT molecular complexity index is 736. The smallest absolute Gasteiger partial charge is 0.336 e. The Hall–Kier alpha value is -2.46. The molecule has 0 radical (unpaired) electrons. The van der Waals surface area contributed by atoms with Crippen LogP contribution in [0.5, 0.6) is 5.75 Å². The summed E-state index contributed by atoms with van der Waals surface area (Å²) in [5.41, 5.74) is 1.12. The highest BCUT2D eigenvalue weighted by Crippen LogP contribution is 2.17. The molecule has 0 spiro atoms. The molecule has 22 heavy (non-hydrogen) atoms. The molecule has 2 aromatic rings. The Kier molecular flexibility index (Phi) is 5.07. The van der Waals surface area contributed by atoms with Crippen LogP contribution in [0.15, 0.2) is 48.5 Å². The zero-order valence-electron chi connectivity index (χ0n) is 11.7. The van der Waals surface area contributed by atoms with E-state index >= 15 is 0 Å². The first kappa shape index (κ1) is 15.9. The van der Waals surface area contributed by atoms with Crippen LogP contribution in [0.2, 0.25) is 5.02 Å². The summed E-state index contributed by atoms with van der Waals surface area (Å²) in [5, 5.41) is -0.0182. The van der Waals surface area contributed by atoms with Gasteiger partial charge in [0.05, 0.1) is 5.02 Å². The number of Topliss-reactive ketones (excluding diaryl/α,β-unsaturated/α-hetero) is 1. The minimum Gasteiger partial charge on any atom is -0.423 e. The first-order valence-corrected chi connectivity index (χ1v) is 6.79. The molecule has 0 saturated carbocycles. The van der Waals surface area contributed by atoms with Gasteiger partial charge in [0.1, 0.15) is 11.6 Å². The average Bonchev–Trinajstić information content (AvgIpc) is 2.49. The van der Waals surface area contributed by atoms with Gasteiger partial charge in [-0.25, -0.2) is 9.18 Å².